The average molecular weight is 390 g/mol. The van der Waals surface area contributed by atoms with Gasteiger partial charge in [-0.05, 0) is 44.1 Å². The van der Waals surface area contributed by atoms with Gasteiger partial charge in [0.05, 0.1) is 0 Å². The molecule has 1 aromatic carbocycles. The first-order chi connectivity index (χ1) is 8.95. The van der Waals surface area contributed by atoms with E-state index in [0.29, 0.717) is 11.5 Å². The van der Waals surface area contributed by atoms with Crippen LogP contribution in [0.3, 0.4) is 0 Å². The molecule has 1 fully saturated rings. The highest BCUT2D eigenvalue weighted by Crippen LogP contribution is 2.21. The summed E-state index contributed by atoms with van der Waals surface area (Å²) in [5.74, 6) is 0.488. The standard InChI is InChI=1S/C14H18Br2N2O/c1-9-8-18(2)4-3-13(9)17-14(19)10-5-11(15)7-12(16)6-10/h5-7,9,13H,3-4,8H2,1-2H3,(H,17,19). The maximum Gasteiger partial charge on any atom is 0.251 e. The molecule has 1 N–H and O–H groups in total. The Balaban J connectivity index is 2.04. The van der Waals surface area contributed by atoms with Gasteiger partial charge in [0.2, 0.25) is 0 Å². The third-order valence-corrected chi connectivity index (χ3v) is 4.47. The molecule has 3 nitrogen and oxygen atoms in total. The first-order valence-corrected chi connectivity index (χ1v) is 8.00. The van der Waals surface area contributed by atoms with Crippen molar-refractivity contribution in [1.82, 2.24) is 10.2 Å². The van der Waals surface area contributed by atoms with Crippen LogP contribution in [0, 0.1) is 5.92 Å². The summed E-state index contributed by atoms with van der Waals surface area (Å²) < 4.78 is 1.81. The van der Waals surface area contributed by atoms with Gasteiger partial charge in [0.15, 0.2) is 0 Å². The van der Waals surface area contributed by atoms with Gasteiger partial charge in [-0.3, -0.25) is 4.79 Å². The molecule has 0 aliphatic carbocycles. The number of hydrogen-bond acceptors (Lipinski definition) is 2. The number of carbonyl (C=O) groups excluding carboxylic acids is 1. The molecule has 1 heterocycles. The Morgan fingerprint density at radius 3 is 2.53 bits per heavy atom. The number of rotatable bonds is 2. The summed E-state index contributed by atoms with van der Waals surface area (Å²) in [6.07, 6.45) is 1.01. The number of piperidine rings is 1. The molecule has 1 aliphatic heterocycles. The smallest absolute Gasteiger partial charge is 0.251 e. The van der Waals surface area contributed by atoms with E-state index >= 15 is 0 Å². The molecule has 2 unspecified atom stereocenters. The minimum Gasteiger partial charge on any atom is -0.349 e. The minimum absolute atomic E-state index is 0.00315. The van der Waals surface area contributed by atoms with Gasteiger partial charge in [0.1, 0.15) is 0 Å². The second-order valence-electron chi connectivity index (χ2n) is 5.27. The highest BCUT2D eigenvalue weighted by Gasteiger charge is 2.25. The number of carbonyl (C=O) groups is 1. The van der Waals surface area contributed by atoms with Crippen molar-refractivity contribution in [2.24, 2.45) is 5.92 Å². The number of nitrogens with zero attached hydrogens (tertiary/aromatic N) is 1. The molecule has 1 aromatic rings. The Bertz CT molecular complexity index is 458. The Morgan fingerprint density at radius 2 is 1.95 bits per heavy atom. The minimum atomic E-state index is 0.00315. The molecular formula is C14H18Br2N2O. The van der Waals surface area contributed by atoms with Gasteiger partial charge in [-0.15, -0.1) is 0 Å². The van der Waals surface area contributed by atoms with Gasteiger partial charge >= 0.3 is 0 Å². The molecule has 104 valence electrons. The van der Waals surface area contributed by atoms with Gasteiger partial charge in [0, 0.05) is 27.1 Å². The summed E-state index contributed by atoms with van der Waals surface area (Å²) in [5.41, 5.74) is 0.687. The summed E-state index contributed by atoms with van der Waals surface area (Å²) in [6.45, 7) is 4.27. The molecular weight excluding hydrogens is 372 g/mol. The number of benzene rings is 1. The van der Waals surface area contributed by atoms with Crippen LogP contribution in [0.25, 0.3) is 0 Å². The summed E-state index contributed by atoms with van der Waals surface area (Å²) in [7, 11) is 2.12. The monoisotopic (exact) mass is 388 g/mol. The Hall–Kier alpha value is -0.390. The fraction of sp³-hybridized carbons (Fsp3) is 0.500. The lowest BCUT2D eigenvalue weighted by molar-refractivity contribution is 0.0883. The van der Waals surface area contributed by atoms with Crippen LogP contribution >= 0.6 is 31.9 Å². The van der Waals surface area contributed by atoms with Gasteiger partial charge in [-0.25, -0.2) is 0 Å². The highest BCUT2D eigenvalue weighted by atomic mass is 79.9. The molecule has 2 rings (SSSR count). The zero-order valence-corrected chi connectivity index (χ0v) is 14.3. The molecule has 2 atom stereocenters. The van der Waals surface area contributed by atoms with E-state index in [4.69, 9.17) is 0 Å². The zero-order chi connectivity index (χ0) is 14.0. The second-order valence-corrected chi connectivity index (χ2v) is 7.10. The fourth-order valence-corrected chi connectivity index (χ4v) is 3.80. The van der Waals surface area contributed by atoms with Crippen molar-refractivity contribution < 1.29 is 4.79 Å². The second kappa shape index (κ2) is 6.37. The van der Waals surface area contributed by atoms with Gasteiger partial charge in [0.25, 0.3) is 5.91 Å². The number of halogens is 2. The van der Waals surface area contributed by atoms with Crippen LogP contribution < -0.4 is 5.32 Å². The van der Waals surface area contributed by atoms with Gasteiger partial charge in [-0.2, -0.15) is 0 Å². The molecule has 0 bridgehead atoms. The van der Waals surface area contributed by atoms with Crippen molar-refractivity contribution >= 4 is 37.8 Å². The molecule has 0 aromatic heterocycles. The number of hydrogen-bond donors (Lipinski definition) is 1. The number of nitrogens with one attached hydrogen (secondary N) is 1. The first-order valence-electron chi connectivity index (χ1n) is 6.41. The molecule has 1 amide bonds. The summed E-state index contributed by atoms with van der Waals surface area (Å²) in [5, 5.41) is 3.15. The van der Waals surface area contributed by atoms with E-state index in [-0.39, 0.29) is 11.9 Å². The van der Waals surface area contributed by atoms with E-state index in [1.807, 2.05) is 18.2 Å². The molecule has 19 heavy (non-hydrogen) atoms. The number of amides is 1. The molecule has 1 aliphatic rings. The summed E-state index contributed by atoms with van der Waals surface area (Å²) >= 11 is 6.82. The maximum atomic E-state index is 12.3. The van der Waals surface area contributed by atoms with Crippen LogP contribution in [-0.4, -0.2) is 37.0 Å². The maximum absolute atomic E-state index is 12.3. The van der Waals surface area contributed by atoms with E-state index < -0.39 is 0 Å². The lowest BCUT2D eigenvalue weighted by Gasteiger charge is -2.35. The van der Waals surface area contributed by atoms with E-state index in [0.717, 1.165) is 28.5 Å². The molecule has 0 spiro atoms. The van der Waals surface area contributed by atoms with Crippen LogP contribution in [-0.2, 0) is 0 Å². The van der Waals surface area contributed by atoms with Crippen molar-refractivity contribution in [3.05, 3.63) is 32.7 Å². The van der Waals surface area contributed by atoms with Crippen LogP contribution in [0.2, 0.25) is 0 Å². The fourth-order valence-electron chi connectivity index (χ4n) is 2.51. The summed E-state index contributed by atoms with van der Waals surface area (Å²) in [6, 6.07) is 5.88. The Labute approximate surface area is 131 Å². The predicted octanol–water partition coefficient (Wildman–Crippen LogP) is 3.28. The van der Waals surface area contributed by atoms with Crippen molar-refractivity contribution in [2.75, 3.05) is 20.1 Å². The molecule has 0 radical (unpaired) electrons. The SMILES string of the molecule is CC1CN(C)CCC1NC(=O)c1cc(Br)cc(Br)c1. The van der Waals surface area contributed by atoms with E-state index in [1.54, 1.807) is 0 Å². The largest absolute Gasteiger partial charge is 0.349 e. The molecule has 0 saturated carbocycles. The summed E-state index contributed by atoms with van der Waals surface area (Å²) in [4.78, 5) is 14.6. The van der Waals surface area contributed by atoms with Gasteiger partial charge < -0.3 is 10.2 Å². The van der Waals surface area contributed by atoms with Crippen molar-refractivity contribution in [2.45, 2.75) is 19.4 Å². The normalized spacial score (nSPS) is 24.2. The third-order valence-electron chi connectivity index (χ3n) is 3.55. The zero-order valence-electron chi connectivity index (χ0n) is 11.1. The lowest BCUT2D eigenvalue weighted by Crippen LogP contribution is -2.48. The third kappa shape index (κ3) is 4.04. The Morgan fingerprint density at radius 1 is 1.32 bits per heavy atom. The average Bonchev–Trinajstić information content (AvgIpc) is 2.31. The van der Waals surface area contributed by atoms with Crippen LogP contribution in [0.15, 0.2) is 27.1 Å². The Kier molecular flexibility index (Phi) is 5.03. The number of likely N-dealkylation sites (tertiary alicyclic amines) is 1. The van der Waals surface area contributed by atoms with Crippen LogP contribution in [0.4, 0.5) is 0 Å². The van der Waals surface area contributed by atoms with Crippen molar-refractivity contribution in [3.8, 4) is 0 Å². The van der Waals surface area contributed by atoms with Gasteiger partial charge in [-0.1, -0.05) is 38.8 Å². The predicted molar refractivity (Wildman–Crippen MR) is 84.4 cm³/mol. The molecule has 5 heteroatoms. The van der Waals surface area contributed by atoms with Crippen molar-refractivity contribution in [3.63, 3.8) is 0 Å². The quantitative estimate of drug-likeness (QED) is 0.841. The van der Waals surface area contributed by atoms with Crippen molar-refractivity contribution in [1.29, 1.82) is 0 Å². The van der Waals surface area contributed by atoms with Crippen LogP contribution in [0.5, 0.6) is 0 Å². The topological polar surface area (TPSA) is 32.3 Å². The first kappa shape index (κ1) is 15.0. The van der Waals surface area contributed by atoms with E-state index in [2.05, 4.69) is 56.0 Å². The van der Waals surface area contributed by atoms with Crippen LogP contribution in [0.1, 0.15) is 23.7 Å². The van der Waals surface area contributed by atoms with E-state index in [9.17, 15) is 4.79 Å². The highest BCUT2D eigenvalue weighted by molar-refractivity contribution is 9.11. The van der Waals surface area contributed by atoms with E-state index in [1.165, 1.54) is 0 Å². The molecule has 1 saturated heterocycles. The lowest BCUT2D eigenvalue weighted by atomic mass is 9.94.